The Morgan fingerprint density at radius 3 is 2.96 bits per heavy atom. The van der Waals surface area contributed by atoms with Crippen LogP contribution in [0.4, 0.5) is 0 Å². The molecule has 4 atom stereocenters. The zero-order valence-electron chi connectivity index (χ0n) is 16.4. The summed E-state index contributed by atoms with van der Waals surface area (Å²) in [4.78, 5) is 17.2. The second-order valence-electron chi connectivity index (χ2n) is 8.47. The molecule has 4 unspecified atom stereocenters. The zero-order valence-corrected chi connectivity index (χ0v) is 16.4. The fourth-order valence-corrected chi connectivity index (χ4v) is 5.48. The van der Waals surface area contributed by atoms with Gasteiger partial charge >= 0.3 is 0 Å². The summed E-state index contributed by atoms with van der Waals surface area (Å²) >= 11 is 0. The Balaban J connectivity index is 1.35. The van der Waals surface area contributed by atoms with Gasteiger partial charge in [-0.3, -0.25) is 4.79 Å². The smallest absolute Gasteiger partial charge is 0.242 e. The van der Waals surface area contributed by atoms with Gasteiger partial charge in [-0.15, -0.1) is 0 Å². The van der Waals surface area contributed by atoms with Gasteiger partial charge in [-0.1, -0.05) is 6.42 Å². The van der Waals surface area contributed by atoms with Gasteiger partial charge < -0.3 is 9.73 Å². The van der Waals surface area contributed by atoms with Crippen molar-refractivity contribution >= 4 is 16.9 Å². The van der Waals surface area contributed by atoms with Gasteiger partial charge in [-0.05, 0) is 69.1 Å². The summed E-state index contributed by atoms with van der Waals surface area (Å²) in [6.07, 6.45) is 8.73. The quantitative estimate of drug-likeness (QED) is 0.730. The molecule has 0 aliphatic heterocycles. The lowest BCUT2D eigenvalue weighted by molar-refractivity contribution is -0.122. The molecule has 3 heterocycles. The van der Waals surface area contributed by atoms with Crippen molar-refractivity contribution in [3.05, 3.63) is 36.4 Å². The minimum absolute atomic E-state index is 0.00451. The molecule has 3 aromatic heterocycles. The van der Waals surface area contributed by atoms with Crippen LogP contribution in [0.2, 0.25) is 0 Å². The summed E-state index contributed by atoms with van der Waals surface area (Å²) in [7, 11) is 0. The van der Waals surface area contributed by atoms with Crippen LogP contribution in [0, 0.1) is 24.7 Å². The first-order valence-electron chi connectivity index (χ1n) is 10.3. The van der Waals surface area contributed by atoms with Gasteiger partial charge in [0.2, 0.25) is 5.91 Å². The number of hydrogen-bond donors (Lipinski definition) is 1. The third kappa shape index (κ3) is 2.91. The second-order valence-corrected chi connectivity index (χ2v) is 8.47. The van der Waals surface area contributed by atoms with Crippen LogP contribution in [0.1, 0.15) is 38.3 Å². The van der Waals surface area contributed by atoms with E-state index >= 15 is 0 Å². The Hall–Kier alpha value is -2.63. The van der Waals surface area contributed by atoms with Crippen LogP contribution in [0.25, 0.3) is 22.4 Å². The van der Waals surface area contributed by atoms with Gasteiger partial charge in [0, 0.05) is 17.8 Å². The highest BCUT2D eigenvalue weighted by Gasteiger charge is 2.42. The lowest BCUT2D eigenvalue weighted by atomic mass is 9.84. The van der Waals surface area contributed by atoms with Crippen LogP contribution in [-0.4, -0.2) is 26.7 Å². The maximum absolute atomic E-state index is 12.7. The van der Waals surface area contributed by atoms with Crippen molar-refractivity contribution in [2.24, 2.45) is 17.8 Å². The second kappa shape index (κ2) is 6.76. The number of hydrogen-bond acceptors (Lipinski definition) is 4. The summed E-state index contributed by atoms with van der Waals surface area (Å²) < 4.78 is 7.27. The number of rotatable bonds is 5. The molecule has 0 aromatic carbocycles. The molecule has 2 aliphatic carbocycles. The molecular formula is C22H26N4O2. The molecule has 5 rings (SSSR count). The lowest BCUT2D eigenvalue weighted by Gasteiger charge is -2.28. The topological polar surface area (TPSA) is 73.0 Å². The maximum atomic E-state index is 12.7. The standard InChI is InChI=1S/C22H26N4O2/c1-13(18-11-15-5-6-16(18)10-15)24-20(27)12-26-22-21(14(2)25-26)17(7-8-23-22)19-4-3-9-28-19/h3-4,7-9,13,15-16,18H,5-6,10-12H2,1-2H3,(H,24,27). The van der Waals surface area contributed by atoms with Crippen molar-refractivity contribution in [3.63, 3.8) is 0 Å². The molecule has 1 amide bonds. The fraction of sp³-hybridized carbons (Fsp3) is 0.500. The van der Waals surface area contributed by atoms with Gasteiger partial charge in [-0.2, -0.15) is 5.10 Å². The zero-order chi connectivity index (χ0) is 19.3. The van der Waals surface area contributed by atoms with Crippen LogP contribution < -0.4 is 5.32 Å². The van der Waals surface area contributed by atoms with Crippen LogP contribution in [0.3, 0.4) is 0 Å². The average Bonchev–Trinajstić information content (AvgIpc) is 3.47. The number of carbonyl (C=O) groups excluding carboxylic acids is 1. The molecule has 3 aromatic rings. The summed E-state index contributed by atoms with van der Waals surface area (Å²) in [5.74, 6) is 3.10. The van der Waals surface area contributed by atoms with E-state index in [1.165, 1.54) is 25.7 Å². The Labute approximate surface area is 164 Å². The van der Waals surface area contributed by atoms with Crippen LogP contribution >= 0.6 is 0 Å². The molecule has 28 heavy (non-hydrogen) atoms. The third-order valence-corrected chi connectivity index (χ3v) is 6.71. The Kier molecular flexibility index (Phi) is 4.22. The molecule has 0 saturated heterocycles. The van der Waals surface area contributed by atoms with Crippen LogP contribution in [-0.2, 0) is 11.3 Å². The third-order valence-electron chi connectivity index (χ3n) is 6.71. The van der Waals surface area contributed by atoms with Crippen molar-refractivity contribution in [1.29, 1.82) is 0 Å². The monoisotopic (exact) mass is 378 g/mol. The molecule has 6 nitrogen and oxygen atoms in total. The van der Waals surface area contributed by atoms with Gasteiger partial charge in [0.25, 0.3) is 0 Å². The Morgan fingerprint density at radius 2 is 2.25 bits per heavy atom. The highest BCUT2D eigenvalue weighted by atomic mass is 16.3. The Bertz CT molecular complexity index is 1010. The summed E-state index contributed by atoms with van der Waals surface area (Å²) in [5.41, 5.74) is 2.52. The fourth-order valence-electron chi connectivity index (χ4n) is 5.48. The average molecular weight is 378 g/mol. The number of carbonyl (C=O) groups is 1. The molecule has 6 heteroatoms. The van der Waals surface area contributed by atoms with E-state index in [0.29, 0.717) is 11.6 Å². The molecule has 0 spiro atoms. The largest absolute Gasteiger partial charge is 0.464 e. The first-order valence-corrected chi connectivity index (χ1v) is 10.3. The van der Waals surface area contributed by atoms with E-state index < -0.39 is 0 Å². The molecule has 2 saturated carbocycles. The van der Waals surface area contributed by atoms with Gasteiger partial charge in [0.1, 0.15) is 12.3 Å². The molecular weight excluding hydrogens is 352 g/mol. The number of nitrogens with one attached hydrogen (secondary N) is 1. The molecule has 146 valence electrons. The van der Waals surface area contributed by atoms with Gasteiger partial charge in [0.15, 0.2) is 5.65 Å². The number of amides is 1. The van der Waals surface area contributed by atoms with Gasteiger partial charge in [0.05, 0.1) is 17.3 Å². The van der Waals surface area contributed by atoms with E-state index in [9.17, 15) is 4.79 Å². The summed E-state index contributed by atoms with van der Waals surface area (Å²) in [5, 5.41) is 8.76. The van der Waals surface area contributed by atoms with Crippen molar-refractivity contribution in [2.75, 3.05) is 0 Å². The minimum Gasteiger partial charge on any atom is -0.464 e. The van der Waals surface area contributed by atoms with E-state index in [1.807, 2.05) is 25.1 Å². The summed E-state index contributed by atoms with van der Waals surface area (Å²) in [6, 6.07) is 5.94. The van der Waals surface area contributed by atoms with Crippen molar-refractivity contribution < 1.29 is 9.21 Å². The van der Waals surface area contributed by atoms with Crippen molar-refractivity contribution in [2.45, 2.75) is 52.1 Å². The van der Waals surface area contributed by atoms with Crippen LogP contribution in [0.15, 0.2) is 35.1 Å². The number of furan rings is 1. The van der Waals surface area contributed by atoms with E-state index in [0.717, 1.165) is 34.2 Å². The molecule has 2 fully saturated rings. The number of pyridine rings is 1. The number of nitrogens with zero attached hydrogens (tertiary/aromatic N) is 3. The van der Waals surface area contributed by atoms with E-state index in [4.69, 9.17) is 4.42 Å². The molecule has 2 aliphatic rings. The first kappa shape index (κ1) is 17.5. The number of aromatic nitrogens is 3. The van der Waals surface area contributed by atoms with Crippen LogP contribution in [0.5, 0.6) is 0 Å². The normalized spacial score (nSPS) is 24.7. The van der Waals surface area contributed by atoms with Crippen molar-refractivity contribution in [1.82, 2.24) is 20.1 Å². The first-order chi connectivity index (χ1) is 13.6. The van der Waals surface area contributed by atoms with Gasteiger partial charge in [-0.25, -0.2) is 9.67 Å². The summed E-state index contributed by atoms with van der Waals surface area (Å²) in [6.45, 7) is 4.29. The maximum Gasteiger partial charge on any atom is 0.242 e. The SMILES string of the molecule is Cc1nn(CC(=O)NC(C)C2CC3CCC2C3)c2nccc(-c3ccco3)c12. The molecule has 1 N–H and O–H groups in total. The number of fused-ring (bicyclic) bond motifs is 3. The van der Waals surface area contributed by atoms with E-state index in [2.05, 4.69) is 22.3 Å². The van der Waals surface area contributed by atoms with E-state index in [1.54, 1.807) is 17.1 Å². The highest BCUT2D eigenvalue weighted by Crippen LogP contribution is 2.49. The van der Waals surface area contributed by atoms with E-state index in [-0.39, 0.29) is 18.5 Å². The van der Waals surface area contributed by atoms with Crippen molar-refractivity contribution in [3.8, 4) is 11.3 Å². The molecule has 0 radical (unpaired) electrons. The number of aryl methyl sites for hydroxylation is 1. The molecule has 2 bridgehead atoms. The lowest BCUT2D eigenvalue weighted by Crippen LogP contribution is -2.41. The minimum atomic E-state index is 0.00451. The predicted octanol–water partition coefficient (Wildman–Crippen LogP) is 3.94. The Morgan fingerprint density at radius 1 is 1.36 bits per heavy atom. The highest BCUT2D eigenvalue weighted by molar-refractivity contribution is 5.93. The predicted molar refractivity (Wildman–Crippen MR) is 107 cm³/mol.